The van der Waals surface area contributed by atoms with E-state index in [4.69, 9.17) is 0 Å². The molecule has 0 aliphatic carbocycles. The Morgan fingerprint density at radius 3 is 2.39 bits per heavy atom. The molecule has 6 nitrogen and oxygen atoms in total. The van der Waals surface area contributed by atoms with E-state index in [0.717, 1.165) is 38.3 Å². The number of anilines is 1. The summed E-state index contributed by atoms with van der Waals surface area (Å²) in [5.74, 6) is 1.37. The molecule has 0 spiro atoms. The van der Waals surface area contributed by atoms with Crippen molar-refractivity contribution >= 4 is 35.9 Å². The lowest BCUT2D eigenvalue weighted by atomic mass is 10.1. The van der Waals surface area contributed by atoms with Gasteiger partial charge in [-0.3, -0.25) is 4.99 Å². The maximum Gasteiger partial charge on any atom is 0.416 e. The lowest BCUT2D eigenvalue weighted by Gasteiger charge is -2.36. The van der Waals surface area contributed by atoms with E-state index in [9.17, 15) is 13.2 Å². The number of hydrogen-bond donors (Lipinski definition) is 1. The van der Waals surface area contributed by atoms with E-state index in [-0.39, 0.29) is 30.5 Å². The molecule has 1 aromatic heterocycles. The molecular formula is C18H22F3IN6. The van der Waals surface area contributed by atoms with E-state index in [0.29, 0.717) is 17.5 Å². The summed E-state index contributed by atoms with van der Waals surface area (Å²) in [4.78, 5) is 16.9. The maximum atomic E-state index is 12.8. The van der Waals surface area contributed by atoms with Crippen molar-refractivity contribution in [1.29, 1.82) is 0 Å². The van der Waals surface area contributed by atoms with Gasteiger partial charge in [-0.25, -0.2) is 9.97 Å². The number of nitrogens with one attached hydrogen (secondary N) is 1. The van der Waals surface area contributed by atoms with Crippen molar-refractivity contribution < 1.29 is 13.2 Å². The minimum atomic E-state index is -4.34. The monoisotopic (exact) mass is 506 g/mol. The highest BCUT2D eigenvalue weighted by molar-refractivity contribution is 14.0. The molecule has 0 radical (unpaired) electrons. The third kappa shape index (κ3) is 5.69. The average molecular weight is 506 g/mol. The minimum absolute atomic E-state index is 0. The van der Waals surface area contributed by atoms with Gasteiger partial charge >= 0.3 is 6.18 Å². The molecular weight excluding hydrogens is 484 g/mol. The van der Waals surface area contributed by atoms with Crippen molar-refractivity contribution in [2.75, 3.05) is 38.1 Å². The summed E-state index contributed by atoms with van der Waals surface area (Å²) in [6, 6.07) is 7.09. The van der Waals surface area contributed by atoms with Gasteiger partial charge in [0.25, 0.3) is 0 Å². The van der Waals surface area contributed by atoms with Gasteiger partial charge in [0.15, 0.2) is 5.96 Å². The van der Waals surface area contributed by atoms with Gasteiger partial charge in [0.05, 0.1) is 5.56 Å². The fraction of sp³-hybridized carbons (Fsp3) is 0.389. The molecule has 0 unspecified atom stereocenters. The second-order valence-corrected chi connectivity index (χ2v) is 6.12. The van der Waals surface area contributed by atoms with Crippen LogP contribution in [0, 0.1) is 0 Å². The third-order valence-electron chi connectivity index (χ3n) is 4.33. The molecule has 10 heteroatoms. The van der Waals surface area contributed by atoms with E-state index in [1.165, 1.54) is 6.07 Å². The summed E-state index contributed by atoms with van der Waals surface area (Å²) in [6.07, 6.45) is -0.915. The van der Waals surface area contributed by atoms with E-state index >= 15 is 0 Å². The van der Waals surface area contributed by atoms with Crippen molar-refractivity contribution in [2.24, 2.45) is 4.99 Å². The molecule has 0 atom stereocenters. The summed E-state index contributed by atoms with van der Waals surface area (Å²) >= 11 is 0. The Morgan fingerprint density at radius 1 is 1.11 bits per heavy atom. The molecule has 0 bridgehead atoms. The quantitative estimate of drug-likeness (QED) is 0.394. The summed E-state index contributed by atoms with van der Waals surface area (Å²) in [5, 5.41) is 3.15. The van der Waals surface area contributed by atoms with E-state index in [2.05, 4.69) is 30.1 Å². The van der Waals surface area contributed by atoms with Crippen molar-refractivity contribution in [3.63, 3.8) is 0 Å². The van der Waals surface area contributed by atoms with Crippen LogP contribution < -0.4 is 10.2 Å². The molecule has 1 aliphatic heterocycles. The minimum Gasteiger partial charge on any atom is -0.352 e. The van der Waals surface area contributed by atoms with Crippen LogP contribution in [0.1, 0.15) is 11.1 Å². The molecule has 152 valence electrons. The number of benzene rings is 1. The van der Waals surface area contributed by atoms with Crippen LogP contribution in [0.5, 0.6) is 0 Å². The van der Waals surface area contributed by atoms with Crippen LogP contribution in [0.2, 0.25) is 0 Å². The molecule has 0 amide bonds. The van der Waals surface area contributed by atoms with E-state index in [1.54, 1.807) is 31.6 Å². The standard InChI is InChI=1S/C18H21F3N6.HI/c1-22-16(25-13-14-4-2-5-15(12-14)18(19,20)21)26-8-10-27(11-9-26)17-23-6-3-7-24-17;/h2-7,12H,8-11,13H2,1H3,(H,22,25);1H. The van der Waals surface area contributed by atoms with Crippen LogP contribution in [0.4, 0.5) is 19.1 Å². The zero-order chi connectivity index (χ0) is 19.3. The Labute approximate surface area is 178 Å². The zero-order valence-corrected chi connectivity index (χ0v) is 17.7. The lowest BCUT2D eigenvalue weighted by molar-refractivity contribution is -0.137. The third-order valence-corrected chi connectivity index (χ3v) is 4.33. The zero-order valence-electron chi connectivity index (χ0n) is 15.4. The number of alkyl halides is 3. The fourth-order valence-electron chi connectivity index (χ4n) is 2.94. The van der Waals surface area contributed by atoms with E-state index < -0.39 is 11.7 Å². The summed E-state index contributed by atoms with van der Waals surface area (Å²) in [6.45, 7) is 3.21. The second kappa shape index (κ2) is 9.89. The van der Waals surface area contributed by atoms with Crippen LogP contribution in [0.25, 0.3) is 0 Å². The van der Waals surface area contributed by atoms with Crippen LogP contribution in [0.3, 0.4) is 0 Å². The number of hydrogen-bond acceptors (Lipinski definition) is 4. The molecule has 1 saturated heterocycles. The van der Waals surface area contributed by atoms with Gasteiger partial charge in [-0.15, -0.1) is 24.0 Å². The van der Waals surface area contributed by atoms with Crippen molar-refractivity contribution in [2.45, 2.75) is 12.7 Å². The smallest absolute Gasteiger partial charge is 0.352 e. The Hall–Kier alpha value is -2.11. The van der Waals surface area contributed by atoms with Crippen LogP contribution in [-0.2, 0) is 12.7 Å². The molecule has 1 fully saturated rings. The van der Waals surface area contributed by atoms with Crippen LogP contribution in [0.15, 0.2) is 47.7 Å². The van der Waals surface area contributed by atoms with Crippen LogP contribution in [-0.4, -0.2) is 54.1 Å². The number of rotatable bonds is 3. The number of aromatic nitrogens is 2. The summed E-state index contributed by atoms with van der Waals surface area (Å²) < 4.78 is 38.5. The van der Waals surface area contributed by atoms with Gasteiger partial charge in [0.2, 0.25) is 5.95 Å². The Kier molecular flexibility index (Phi) is 7.84. The normalized spacial score (nSPS) is 15.2. The Morgan fingerprint density at radius 2 is 1.79 bits per heavy atom. The number of piperazine rings is 1. The molecule has 28 heavy (non-hydrogen) atoms. The molecule has 1 N–H and O–H groups in total. The first kappa shape index (κ1) is 22.2. The Bertz CT molecular complexity index is 776. The van der Waals surface area contributed by atoms with Crippen LogP contribution >= 0.6 is 24.0 Å². The van der Waals surface area contributed by atoms with Crippen molar-refractivity contribution in [3.05, 3.63) is 53.9 Å². The Balaban J connectivity index is 0.00000280. The number of guanidine groups is 1. The van der Waals surface area contributed by atoms with E-state index in [1.807, 2.05) is 0 Å². The summed E-state index contributed by atoms with van der Waals surface area (Å²) in [5.41, 5.74) is -0.0874. The second-order valence-electron chi connectivity index (χ2n) is 6.12. The fourth-order valence-corrected chi connectivity index (χ4v) is 2.94. The molecule has 2 heterocycles. The van der Waals surface area contributed by atoms with Gasteiger partial charge in [-0.2, -0.15) is 13.2 Å². The highest BCUT2D eigenvalue weighted by Gasteiger charge is 2.30. The predicted octanol–water partition coefficient (Wildman–Crippen LogP) is 3.01. The van der Waals surface area contributed by atoms with Gasteiger partial charge < -0.3 is 15.1 Å². The molecule has 3 rings (SSSR count). The average Bonchev–Trinajstić information content (AvgIpc) is 2.69. The molecule has 2 aromatic rings. The highest BCUT2D eigenvalue weighted by atomic mass is 127. The predicted molar refractivity (Wildman–Crippen MR) is 113 cm³/mol. The number of nitrogens with zero attached hydrogens (tertiary/aromatic N) is 5. The lowest BCUT2D eigenvalue weighted by Crippen LogP contribution is -2.52. The number of aliphatic imine (C=N–C) groups is 1. The maximum absolute atomic E-state index is 12.8. The van der Waals surface area contributed by atoms with Crippen molar-refractivity contribution in [3.8, 4) is 0 Å². The van der Waals surface area contributed by atoms with Crippen molar-refractivity contribution in [1.82, 2.24) is 20.2 Å². The first-order valence-electron chi connectivity index (χ1n) is 8.61. The molecule has 0 saturated carbocycles. The topological polar surface area (TPSA) is 56.7 Å². The SMILES string of the molecule is CN=C(NCc1cccc(C(F)(F)F)c1)N1CCN(c2ncccn2)CC1.I. The number of halogens is 4. The first-order chi connectivity index (χ1) is 13.0. The first-order valence-corrected chi connectivity index (χ1v) is 8.61. The highest BCUT2D eigenvalue weighted by Crippen LogP contribution is 2.29. The van der Waals surface area contributed by atoms with Gasteiger partial charge in [-0.05, 0) is 23.8 Å². The molecule has 1 aromatic carbocycles. The summed E-state index contributed by atoms with van der Waals surface area (Å²) in [7, 11) is 1.67. The molecule has 1 aliphatic rings. The van der Waals surface area contributed by atoms with Gasteiger partial charge in [0.1, 0.15) is 0 Å². The van der Waals surface area contributed by atoms with Gasteiger partial charge in [0, 0.05) is 52.2 Å². The van der Waals surface area contributed by atoms with Gasteiger partial charge in [-0.1, -0.05) is 12.1 Å². The largest absolute Gasteiger partial charge is 0.416 e.